The molecule has 3 rings (SSSR count). The summed E-state index contributed by atoms with van der Waals surface area (Å²) >= 11 is 1.65. The van der Waals surface area contributed by atoms with Gasteiger partial charge in [0.2, 0.25) is 11.9 Å². The third-order valence-corrected chi connectivity index (χ3v) is 5.47. The van der Waals surface area contributed by atoms with E-state index in [-0.39, 0.29) is 17.8 Å². The van der Waals surface area contributed by atoms with Gasteiger partial charge >= 0.3 is 0 Å². The van der Waals surface area contributed by atoms with Crippen molar-refractivity contribution in [1.29, 1.82) is 0 Å². The third kappa shape index (κ3) is 2.61. The van der Waals surface area contributed by atoms with Gasteiger partial charge in [0, 0.05) is 29.8 Å². The van der Waals surface area contributed by atoms with Crippen LogP contribution in [0.2, 0.25) is 0 Å². The maximum atomic E-state index is 13.3. The number of hydrogen-bond donors (Lipinski definition) is 1. The molecule has 2 aliphatic rings. The number of amides is 1. The maximum Gasteiger partial charge on any atom is 0.231 e. The first-order valence-electron chi connectivity index (χ1n) is 6.97. The molecule has 0 saturated heterocycles. The lowest BCUT2D eigenvalue weighted by molar-refractivity contribution is -0.128. The first kappa shape index (κ1) is 15.0. The number of aliphatic imine (C=N–C) groups is 1. The van der Waals surface area contributed by atoms with E-state index in [0.717, 1.165) is 16.2 Å². The average Bonchev–Trinajstić information content (AvgIpc) is 2.95. The van der Waals surface area contributed by atoms with Crippen molar-refractivity contribution in [3.8, 4) is 0 Å². The average molecular weight is 320 g/mol. The van der Waals surface area contributed by atoms with E-state index in [2.05, 4.69) is 16.1 Å². The van der Waals surface area contributed by atoms with Gasteiger partial charge in [0.05, 0.1) is 6.42 Å². The molecular formula is C15H17FN4OS. The van der Waals surface area contributed by atoms with E-state index in [0.29, 0.717) is 6.42 Å². The molecule has 22 heavy (non-hydrogen) atoms. The van der Waals surface area contributed by atoms with Gasteiger partial charge in [-0.25, -0.2) is 9.98 Å². The number of hydrogen-bond acceptors (Lipinski definition) is 5. The third-order valence-electron chi connectivity index (χ3n) is 4.06. The van der Waals surface area contributed by atoms with Crippen molar-refractivity contribution in [3.63, 3.8) is 0 Å². The van der Waals surface area contributed by atoms with Crippen LogP contribution in [0.15, 0.2) is 34.3 Å². The summed E-state index contributed by atoms with van der Waals surface area (Å²) in [7, 11) is 1.62. The molecule has 1 unspecified atom stereocenters. The fraction of sp³-hybridized carbons (Fsp3) is 0.400. The zero-order valence-corrected chi connectivity index (χ0v) is 13.2. The molecule has 2 aliphatic heterocycles. The first-order chi connectivity index (χ1) is 10.4. The lowest BCUT2D eigenvalue weighted by Gasteiger charge is -2.33. The highest BCUT2D eigenvalue weighted by Gasteiger charge is 2.40. The molecule has 1 aromatic heterocycles. The van der Waals surface area contributed by atoms with Crippen molar-refractivity contribution in [1.82, 2.24) is 9.88 Å². The molecule has 2 N–H and O–H groups in total. The summed E-state index contributed by atoms with van der Waals surface area (Å²) in [5.41, 5.74) is 6.10. The topological polar surface area (TPSA) is 71.6 Å². The van der Waals surface area contributed by atoms with E-state index in [1.54, 1.807) is 18.8 Å². The summed E-state index contributed by atoms with van der Waals surface area (Å²) in [5, 5.41) is 0. The number of nitrogens with two attached hydrogens (primary N) is 1. The number of allylic oxidation sites excluding steroid dienone is 1. The van der Waals surface area contributed by atoms with Crippen LogP contribution in [0.25, 0.3) is 0 Å². The largest absolute Gasteiger partial charge is 0.369 e. The first-order valence-corrected chi connectivity index (χ1v) is 7.96. The molecule has 1 aromatic rings. The normalized spacial score (nSPS) is 28.6. The number of carbonyl (C=O) groups excluding carboxylic acids is 1. The van der Waals surface area contributed by atoms with Gasteiger partial charge in [0.25, 0.3) is 0 Å². The highest BCUT2D eigenvalue weighted by Crippen LogP contribution is 2.44. The van der Waals surface area contributed by atoms with Crippen molar-refractivity contribution in [3.05, 3.63) is 40.8 Å². The van der Waals surface area contributed by atoms with E-state index in [1.165, 1.54) is 17.2 Å². The van der Waals surface area contributed by atoms with Gasteiger partial charge < -0.3 is 5.73 Å². The zero-order valence-electron chi connectivity index (χ0n) is 12.4. The molecule has 3 heterocycles. The minimum absolute atomic E-state index is 0.0464. The highest BCUT2D eigenvalue weighted by molar-refractivity contribution is 8.03. The summed E-state index contributed by atoms with van der Waals surface area (Å²) in [6.45, 7) is 1.92. The Morgan fingerprint density at radius 2 is 2.32 bits per heavy atom. The molecule has 7 heteroatoms. The maximum absolute atomic E-state index is 13.3. The summed E-state index contributed by atoms with van der Waals surface area (Å²) < 4.78 is 13.3. The van der Waals surface area contributed by atoms with E-state index >= 15 is 0 Å². The predicted octanol–water partition coefficient (Wildman–Crippen LogP) is 1.87. The van der Waals surface area contributed by atoms with Gasteiger partial charge in [0.1, 0.15) is 5.54 Å². The standard InChI is InChI=1S/C15H17FN4OS/c1-15(7-13(21)20(2)14(17)19-15)11-5-10(8-22-11)9-3-4-18-12(16)6-9/h3-6,10H,7-8H2,1-2H3,(H2,17,19)/t10?,15-/m0/s1. The van der Waals surface area contributed by atoms with Crippen LogP contribution in [0, 0.1) is 5.95 Å². The Bertz CT molecular complexity index is 690. The summed E-state index contributed by atoms with van der Waals surface area (Å²) in [6, 6.07) is 3.26. The fourth-order valence-electron chi connectivity index (χ4n) is 2.68. The van der Waals surface area contributed by atoms with Crippen molar-refractivity contribution in [2.75, 3.05) is 12.8 Å². The van der Waals surface area contributed by atoms with Crippen LogP contribution in [-0.2, 0) is 4.79 Å². The van der Waals surface area contributed by atoms with Crippen LogP contribution >= 0.6 is 11.8 Å². The number of nitrogens with zero attached hydrogens (tertiary/aromatic N) is 3. The molecule has 116 valence electrons. The van der Waals surface area contributed by atoms with Gasteiger partial charge in [0.15, 0.2) is 5.96 Å². The molecule has 0 bridgehead atoms. The van der Waals surface area contributed by atoms with Crippen LogP contribution in [-0.4, -0.2) is 40.1 Å². The Labute approximate surface area is 132 Å². The summed E-state index contributed by atoms with van der Waals surface area (Å²) in [6.07, 6.45) is 3.83. The van der Waals surface area contributed by atoms with Crippen LogP contribution < -0.4 is 5.73 Å². The predicted molar refractivity (Wildman–Crippen MR) is 84.9 cm³/mol. The second kappa shape index (κ2) is 5.39. The Kier molecular flexibility index (Phi) is 3.68. The van der Waals surface area contributed by atoms with Gasteiger partial charge in [-0.15, -0.1) is 11.8 Å². The summed E-state index contributed by atoms with van der Waals surface area (Å²) in [4.78, 5) is 22.5. The monoisotopic (exact) mass is 320 g/mol. The Morgan fingerprint density at radius 3 is 3.00 bits per heavy atom. The smallest absolute Gasteiger partial charge is 0.231 e. The SMILES string of the molecule is CN1C(=O)C[C@@](C)(C2=CC(c3ccnc(F)c3)CS2)N=C1N. The number of pyridine rings is 1. The molecule has 0 aliphatic carbocycles. The number of rotatable bonds is 2. The molecule has 0 saturated carbocycles. The van der Waals surface area contributed by atoms with Crippen molar-refractivity contribution in [2.24, 2.45) is 10.7 Å². The minimum atomic E-state index is -0.626. The van der Waals surface area contributed by atoms with Gasteiger partial charge in [-0.1, -0.05) is 6.08 Å². The van der Waals surface area contributed by atoms with Crippen LogP contribution in [0.5, 0.6) is 0 Å². The van der Waals surface area contributed by atoms with E-state index in [4.69, 9.17) is 5.73 Å². The molecule has 0 aromatic carbocycles. The molecule has 0 fully saturated rings. The van der Waals surface area contributed by atoms with Crippen molar-refractivity contribution in [2.45, 2.75) is 24.8 Å². The molecule has 0 radical (unpaired) electrons. The quantitative estimate of drug-likeness (QED) is 0.845. The summed E-state index contributed by atoms with van der Waals surface area (Å²) in [5.74, 6) is 0.606. The Hall–Kier alpha value is -1.89. The van der Waals surface area contributed by atoms with Crippen LogP contribution in [0.3, 0.4) is 0 Å². The fourth-order valence-corrected chi connectivity index (χ4v) is 4.02. The van der Waals surface area contributed by atoms with Gasteiger partial charge in [-0.3, -0.25) is 9.69 Å². The number of carbonyl (C=O) groups is 1. The van der Waals surface area contributed by atoms with Gasteiger partial charge in [-0.2, -0.15) is 4.39 Å². The number of halogens is 1. The molecule has 5 nitrogen and oxygen atoms in total. The zero-order chi connectivity index (χ0) is 15.9. The van der Waals surface area contributed by atoms with Crippen molar-refractivity contribution < 1.29 is 9.18 Å². The molecular weight excluding hydrogens is 303 g/mol. The van der Waals surface area contributed by atoms with E-state index in [9.17, 15) is 9.18 Å². The lowest BCUT2D eigenvalue weighted by Crippen LogP contribution is -2.48. The number of thioether (sulfide) groups is 1. The number of aromatic nitrogens is 1. The molecule has 0 spiro atoms. The van der Waals surface area contributed by atoms with Crippen LogP contribution in [0.1, 0.15) is 24.8 Å². The highest BCUT2D eigenvalue weighted by atomic mass is 32.2. The van der Waals surface area contributed by atoms with Crippen molar-refractivity contribution >= 4 is 23.6 Å². The Balaban J connectivity index is 1.90. The second-order valence-corrected chi connectivity index (χ2v) is 6.80. The number of guanidine groups is 1. The second-order valence-electron chi connectivity index (χ2n) is 5.73. The lowest BCUT2D eigenvalue weighted by atomic mass is 9.92. The van der Waals surface area contributed by atoms with E-state index in [1.807, 2.05) is 13.0 Å². The Morgan fingerprint density at radius 1 is 1.55 bits per heavy atom. The van der Waals surface area contributed by atoms with Gasteiger partial charge in [-0.05, 0) is 24.6 Å². The van der Waals surface area contributed by atoms with Crippen LogP contribution in [0.4, 0.5) is 4.39 Å². The molecule has 1 amide bonds. The minimum Gasteiger partial charge on any atom is -0.369 e. The van der Waals surface area contributed by atoms with E-state index < -0.39 is 11.5 Å². The molecule has 2 atom stereocenters.